The largest absolute Gasteiger partial charge is 0.386 e. The maximum atomic E-state index is 10.5. The van der Waals surface area contributed by atoms with Gasteiger partial charge in [-0.1, -0.05) is 25.1 Å². The van der Waals surface area contributed by atoms with Crippen LogP contribution >= 0.6 is 11.3 Å². The van der Waals surface area contributed by atoms with Crippen LogP contribution in [0.4, 0.5) is 0 Å². The number of benzene rings is 1. The second-order valence-electron chi connectivity index (χ2n) is 6.14. The minimum absolute atomic E-state index is 0.314. The molecule has 2 heterocycles. The number of thiophene rings is 1. The van der Waals surface area contributed by atoms with E-state index in [-0.39, 0.29) is 0 Å². The summed E-state index contributed by atoms with van der Waals surface area (Å²) in [6.07, 6.45) is 1.99. The lowest BCUT2D eigenvalue weighted by Gasteiger charge is -2.13. The number of nitrogens with zero attached hydrogens (tertiary/aromatic N) is 4. The standard InChI is InChI=1S/C19H26N6OS/c1-3-18-24-23-13-25(18)10-9-21-19(20-4-2)22-12-15(26)17-11-14-7-5-6-8-16(14)27-17/h5-8,11,13,15,26H,3-4,9-10,12H2,1-2H3,(H2,20,21,22). The number of guanidine groups is 1. The highest BCUT2D eigenvalue weighted by Gasteiger charge is 2.11. The molecule has 0 amide bonds. The molecule has 0 radical (unpaired) electrons. The van der Waals surface area contributed by atoms with Crippen molar-refractivity contribution < 1.29 is 5.11 Å². The summed E-state index contributed by atoms with van der Waals surface area (Å²) in [6.45, 7) is 6.63. The van der Waals surface area contributed by atoms with Gasteiger partial charge < -0.3 is 20.3 Å². The summed E-state index contributed by atoms with van der Waals surface area (Å²) in [5.41, 5.74) is 0. The number of hydrogen-bond acceptors (Lipinski definition) is 5. The van der Waals surface area contributed by atoms with Crippen LogP contribution in [0.15, 0.2) is 41.7 Å². The lowest BCUT2D eigenvalue weighted by molar-refractivity contribution is 0.191. The fourth-order valence-corrected chi connectivity index (χ4v) is 3.85. The van der Waals surface area contributed by atoms with Crippen molar-refractivity contribution in [2.75, 3.05) is 19.6 Å². The van der Waals surface area contributed by atoms with E-state index in [1.807, 2.05) is 29.7 Å². The molecule has 7 nitrogen and oxygen atoms in total. The Hall–Kier alpha value is -2.45. The molecule has 3 aromatic rings. The third-order valence-corrected chi connectivity index (χ3v) is 5.41. The van der Waals surface area contributed by atoms with Crippen LogP contribution < -0.4 is 10.6 Å². The third kappa shape index (κ3) is 5.05. The van der Waals surface area contributed by atoms with E-state index in [1.54, 1.807) is 17.7 Å². The van der Waals surface area contributed by atoms with Crippen molar-refractivity contribution in [3.05, 3.63) is 47.4 Å². The number of fused-ring (bicyclic) bond motifs is 1. The van der Waals surface area contributed by atoms with Crippen LogP contribution in [0, 0.1) is 0 Å². The van der Waals surface area contributed by atoms with E-state index in [1.165, 1.54) is 4.70 Å². The van der Waals surface area contributed by atoms with E-state index in [0.29, 0.717) is 19.0 Å². The number of nitrogens with one attached hydrogen (secondary N) is 2. The highest BCUT2D eigenvalue weighted by atomic mass is 32.1. The average molecular weight is 387 g/mol. The monoisotopic (exact) mass is 386 g/mol. The first kappa shape index (κ1) is 19.3. The van der Waals surface area contributed by atoms with Crippen LogP contribution in [-0.4, -0.2) is 45.5 Å². The molecular formula is C19H26N6OS. The van der Waals surface area contributed by atoms with Crippen LogP contribution in [0.2, 0.25) is 0 Å². The van der Waals surface area contributed by atoms with Gasteiger partial charge in [-0.25, -0.2) is 0 Å². The molecular weight excluding hydrogens is 360 g/mol. The number of aromatic nitrogens is 3. The summed E-state index contributed by atoms with van der Waals surface area (Å²) in [4.78, 5) is 5.47. The van der Waals surface area contributed by atoms with Crippen molar-refractivity contribution in [1.82, 2.24) is 25.4 Å². The van der Waals surface area contributed by atoms with E-state index in [2.05, 4.69) is 44.9 Å². The topological polar surface area (TPSA) is 87.4 Å². The lowest BCUT2D eigenvalue weighted by Crippen LogP contribution is -2.39. The molecule has 1 atom stereocenters. The van der Waals surface area contributed by atoms with Crippen LogP contribution in [0.3, 0.4) is 0 Å². The maximum Gasteiger partial charge on any atom is 0.191 e. The van der Waals surface area contributed by atoms with Gasteiger partial charge in [-0.15, -0.1) is 21.5 Å². The number of rotatable bonds is 8. The Morgan fingerprint density at radius 3 is 2.93 bits per heavy atom. The Morgan fingerprint density at radius 2 is 2.15 bits per heavy atom. The summed E-state index contributed by atoms with van der Waals surface area (Å²) in [5.74, 6) is 1.67. The summed E-state index contributed by atoms with van der Waals surface area (Å²) in [7, 11) is 0. The van der Waals surface area contributed by atoms with Gasteiger partial charge in [0.1, 0.15) is 18.3 Å². The predicted molar refractivity (Wildman–Crippen MR) is 110 cm³/mol. The first-order valence-electron chi connectivity index (χ1n) is 9.26. The Kier molecular flexibility index (Phi) is 6.78. The molecule has 2 aromatic heterocycles. The van der Waals surface area contributed by atoms with Crippen molar-refractivity contribution in [2.45, 2.75) is 32.9 Å². The lowest BCUT2D eigenvalue weighted by atomic mass is 10.2. The number of aryl methyl sites for hydroxylation is 1. The summed E-state index contributed by atoms with van der Waals surface area (Å²) in [6, 6.07) is 10.2. The van der Waals surface area contributed by atoms with Crippen molar-refractivity contribution in [3.63, 3.8) is 0 Å². The van der Waals surface area contributed by atoms with Crippen LogP contribution in [0.5, 0.6) is 0 Å². The van der Waals surface area contributed by atoms with Crippen LogP contribution in [0.1, 0.15) is 30.7 Å². The van der Waals surface area contributed by atoms with Gasteiger partial charge in [0.15, 0.2) is 5.96 Å². The summed E-state index contributed by atoms with van der Waals surface area (Å²) >= 11 is 1.61. The molecule has 0 aliphatic carbocycles. The molecule has 0 fully saturated rings. The average Bonchev–Trinajstić information content (AvgIpc) is 3.32. The van der Waals surface area contributed by atoms with Gasteiger partial charge >= 0.3 is 0 Å². The van der Waals surface area contributed by atoms with E-state index in [4.69, 9.17) is 0 Å². The minimum Gasteiger partial charge on any atom is -0.386 e. The van der Waals surface area contributed by atoms with E-state index < -0.39 is 6.10 Å². The molecule has 8 heteroatoms. The molecule has 3 N–H and O–H groups in total. The molecule has 0 saturated carbocycles. The molecule has 3 rings (SSSR count). The quantitative estimate of drug-likeness (QED) is 0.409. The van der Waals surface area contributed by atoms with Crippen molar-refractivity contribution in [2.24, 2.45) is 4.99 Å². The van der Waals surface area contributed by atoms with Gasteiger partial charge in [0.25, 0.3) is 0 Å². The van der Waals surface area contributed by atoms with Gasteiger partial charge in [0.2, 0.25) is 0 Å². The summed E-state index contributed by atoms with van der Waals surface area (Å²) < 4.78 is 3.21. The number of hydrogen-bond donors (Lipinski definition) is 3. The van der Waals surface area contributed by atoms with Crippen molar-refractivity contribution >= 4 is 27.4 Å². The molecule has 0 aliphatic heterocycles. The molecule has 0 aliphatic rings. The molecule has 0 spiro atoms. The smallest absolute Gasteiger partial charge is 0.191 e. The van der Waals surface area contributed by atoms with Gasteiger partial charge in [0, 0.05) is 35.6 Å². The predicted octanol–water partition coefficient (Wildman–Crippen LogP) is 2.34. The van der Waals surface area contributed by atoms with Crippen LogP contribution in [-0.2, 0) is 13.0 Å². The second kappa shape index (κ2) is 9.48. The van der Waals surface area contributed by atoms with E-state index in [9.17, 15) is 5.11 Å². The van der Waals surface area contributed by atoms with Gasteiger partial charge in [-0.3, -0.25) is 4.99 Å². The first-order valence-corrected chi connectivity index (χ1v) is 10.1. The molecule has 0 saturated heterocycles. The highest BCUT2D eigenvalue weighted by molar-refractivity contribution is 7.19. The number of aliphatic hydroxyl groups is 1. The Morgan fingerprint density at radius 1 is 1.30 bits per heavy atom. The molecule has 144 valence electrons. The minimum atomic E-state index is -0.609. The SMILES string of the molecule is CCNC(=NCC(O)c1cc2ccccc2s1)NCCn1cnnc1CC. The number of aliphatic imine (C=N–C) groups is 1. The van der Waals surface area contributed by atoms with Crippen molar-refractivity contribution in [1.29, 1.82) is 0 Å². The zero-order chi connectivity index (χ0) is 19.1. The molecule has 0 bridgehead atoms. The zero-order valence-electron chi connectivity index (χ0n) is 15.7. The first-order chi connectivity index (χ1) is 13.2. The zero-order valence-corrected chi connectivity index (χ0v) is 16.5. The highest BCUT2D eigenvalue weighted by Crippen LogP contribution is 2.29. The van der Waals surface area contributed by atoms with Crippen molar-refractivity contribution in [3.8, 4) is 0 Å². The van der Waals surface area contributed by atoms with E-state index >= 15 is 0 Å². The normalized spacial score (nSPS) is 13.1. The fourth-order valence-electron chi connectivity index (χ4n) is 2.81. The Bertz CT molecular complexity index is 854. The second-order valence-corrected chi connectivity index (χ2v) is 7.26. The molecule has 1 aromatic carbocycles. The molecule has 1 unspecified atom stereocenters. The van der Waals surface area contributed by atoms with Crippen LogP contribution in [0.25, 0.3) is 10.1 Å². The Labute approximate surface area is 163 Å². The summed E-state index contributed by atoms with van der Waals surface area (Å²) in [5, 5.41) is 26.2. The van der Waals surface area contributed by atoms with Gasteiger partial charge in [0.05, 0.1) is 6.54 Å². The maximum absolute atomic E-state index is 10.5. The molecule has 27 heavy (non-hydrogen) atoms. The van der Waals surface area contributed by atoms with E-state index in [0.717, 1.165) is 35.6 Å². The van der Waals surface area contributed by atoms with Gasteiger partial charge in [-0.05, 0) is 24.4 Å². The fraction of sp³-hybridized carbons (Fsp3) is 0.421. The Balaban J connectivity index is 1.57. The van der Waals surface area contributed by atoms with Gasteiger partial charge in [-0.2, -0.15) is 0 Å². The third-order valence-electron chi connectivity index (χ3n) is 4.20. The number of aliphatic hydroxyl groups excluding tert-OH is 1.